The molecule has 3 nitrogen and oxygen atoms in total. The average molecular weight is 304 g/mol. The van der Waals surface area contributed by atoms with Crippen molar-refractivity contribution in [3.63, 3.8) is 0 Å². The van der Waals surface area contributed by atoms with Crippen LogP contribution in [0.5, 0.6) is 0 Å². The Morgan fingerprint density at radius 3 is 3.00 bits per heavy atom. The van der Waals surface area contributed by atoms with E-state index in [0.717, 1.165) is 15.6 Å². The average Bonchev–Trinajstić information content (AvgIpc) is 2.61. The van der Waals surface area contributed by atoms with Gasteiger partial charge in [0.2, 0.25) is 0 Å². The Bertz CT molecular complexity index is 607. The minimum Gasteiger partial charge on any atom is -0.374 e. The van der Waals surface area contributed by atoms with Crippen LogP contribution in [0.3, 0.4) is 0 Å². The number of aromatic nitrogens is 1. The molecule has 2 aliphatic rings. The summed E-state index contributed by atoms with van der Waals surface area (Å²) in [5, 5.41) is 11.1. The maximum atomic E-state index is 10.2. The molecule has 3 rings (SSSR count). The molecule has 0 fully saturated rings. The summed E-state index contributed by atoms with van der Waals surface area (Å²) in [6.45, 7) is 4.49. The molecular formula is C15H16N2OS2. The minimum atomic E-state index is -0.967. The summed E-state index contributed by atoms with van der Waals surface area (Å²) in [7, 11) is 0. The molecule has 0 saturated carbocycles. The molecule has 20 heavy (non-hydrogen) atoms. The van der Waals surface area contributed by atoms with Crippen molar-refractivity contribution < 1.29 is 5.11 Å². The highest BCUT2D eigenvalue weighted by molar-refractivity contribution is 8.10. The van der Waals surface area contributed by atoms with Gasteiger partial charge in [-0.2, -0.15) is 0 Å². The first-order valence-electron chi connectivity index (χ1n) is 6.54. The summed E-state index contributed by atoms with van der Waals surface area (Å²) >= 11 is 3.06. The zero-order chi connectivity index (χ0) is 14.2. The highest BCUT2D eigenvalue weighted by atomic mass is 32.2. The molecule has 0 aromatic carbocycles. The van der Waals surface area contributed by atoms with Crippen LogP contribution in [-0.4, -0.2) is 27.8 Å². The minimum absolute atomic E-state index is 0.445. The highest BCUT2D eigenvalue weighted by Gasteiger charge is 2.25. The fourth-order valence-corrected chi connectivity index (χ4v) is 4.03. The normalized spacial score (nSPS) is 28.8. The van der Waals surface area contributed by atoms with Gasteiger partial charge in [-0.25, -0.2) is 4.98 Å². The molecule has 0 bridgehead atoms. The van der Waals surface area contributed by atoms with Gasteiger partial charge < -0.3 is 5.11 Å². The van der Waals surface area contributed by atoms with Crippen LogP contribution in [0.2, 0.25) is 0 Å². The van der Waals surface area contributed by atoms with E-state index in [-0.39, 0.29) is 0 Å². The fourth-order valence-electron chi connectivity index (χ4n) is 2.01. The summed E-state index contributed by atoms with van der Waals surface area (Å²) in [5.41, 5.74) is 1.01. The Labute approximate surface area is 126 Å². The first kappa shape index (κ1) is 13.8. The van der Waals surface area contributed by atoms with Crippen molar-refractivity contribution in [3.05, 3.63) is 33.8 Å². The lowest BCUT2D eigenvalue weighted by Crippen LogP contribution is -2.20. The second-order valence-corrected chi connectivity index (χ2v) is 7.57. The van der Waals surface area contributed by atoms with E-state index in [1.165, 1.54) is 16.6 Å². The number of nitrogens with zero attached hydrogens (tertiary/aromatic N) is 2. The predicted molar refractivity (Wildman–Crippen MR) is 88.9 cm³/mol. The zero-order valence-corrected chi connectivity index (χ0v) is 13.0. The lowest BCUT2D eigenvalue weighted by atomic mass is 10.2. The molecule has 2 unspecified atom stereocenters. The maximum Gasteiger partial charge on any atom is 0.147 e. The van der Waals surface area contributed by atoms with Crippen LogP contribution in [0.15, 0.2) is 23.2 Å². The van der Waals surface area contributed by atoms with Crippen LogP contribution in [0, 0.1) is 5.92 Å². The van der Waals surface area contributed by atoms with Gasteiger partial charge in [-0.3, -0.25) is 4.99 Å². The highest BCUT2D eigenvalue weighted by Crippen LogP contribution is 2.40. The third kappa shape index (κ3) is 2.95. The predicted octanol–water partition coefficient (Wildman–Crippen LogP) is 3.69. The van der Waals surface area contributed by atoms with Gasteiger partial charge in [0.1, 0.15) is 9.94 Å². The molecule has 1 aromatic heterocycles. The van der Waals surface area contributed by atoms with Gasteiger partial charge in [-0.05, 0) is 31.1 Å². The monoisotopic (exact) mass is 304 g/mol. The van der Waals surface area contributed by atoms with E-state index >= 15 is 0 Å². The molecular weight excluding hydrogens is 288 g/mol. The Balaban J connectivity index is 1.94. The van der Waals surface area contributed by atoms with Crippen LogP contribution in [0.25, 0.3) is 17.1 Å². The molecule has 2 atom stereocenters. The first-order chi connectivity index (χ1) is 9.53. The maximum absolute atomic E-state index is 10.2. The van der Waals surface area contributed by atoms with Crippen molar-refractivity contribution in [2.45, 2.75) is 18.8 Å². The van der Waals surface area contributed by atoms with Gasteiger partial charge >= 0.3 is 0 Å². The van der Waals surface area contributed by atoms with E-state index in [4.69, 9.17) is 4.98 Å². The number of allylic oxidation sites excluding steroid dienone is 2. The molecule has 104 valence electrons. The summed E-state index contributed by atoms with van der Waals surface area (Å²) < 4.78 is 0. The molecule has 0 amide bonds. The molecule has 1 aromatic rings. The second kappa shape index (κ2) is 5.31. The lowest BCUT2D eigenvalue weighted by molar-refractivity contribution is 0.234. The van der Waals surface area contributed by atoms with Gasteiger partial charge in [0.15, 0.2) is 0 Å². The van der Waals surface area contributed by atoms with E-state index in [0.29, 0.717) is 12.5 Å². The van der Waals surface area contributed by atoms with Crippen molar-refractivity contribution in [2.75, 3.05) is 6.54 Å². The van der Waals surface area contributed by atoms with Crippen LogP contribution in [-0.2, 0) is 0 Å². The number of aliphatic hydroxyl groups is 1. The molecule has 1 aliphatic carbocycles. The van der Waals surface area contributed by atoms with E-state index in [2.05, 4.69) is 36.2 Å². The number of thiazole rings is 1. The molecule has 0 radical (unpaired) electrons. The molecule has 0 saturated heterocycles. The number of hydrogen-bond acceptors (Lipinski definition) is 5. The van der Waals surface area contributed by atoms with Crippen LogP contribution in [0.4, 0.5) is 0 Å². The van der Waals surface area contributed by atoms with Crippen LogP contribution < -0.4 is 0 Å². The quantitative estimate of drug-likeness (QED) is 0.860. The van der Waals surface area contributed by atoms with Crippen molar-refractivity contribution in [2.24, 2.45) is 10.9 Å². The van der Waals surface area contributed by atoms with Gasteiger partial charge in [-0.15, -0.1) is 11.3 Å². The Morgan fingerprint density at radius 2 is 2.15 bits per heavy atom. The molecule has 2 heterocycles. The van der Waals surface area contributed by atoms with E-state index in [1.807, 2.05) is 6.08 Å². The van der Waals surface area contributed by atoms with E-state index in [1.54, 1.807) is 24.5 Å². The van der Waals surface area contributed by atoms with Gasteiger partial charge in [0.25, 0.3) is 0 Å². The lowest BCUT2D eigenvalue weighted by Gasteiger charge is -2.16. The van der Waals surface area contributed by atoms with E-state index in [9.17, 15) is 5.11 Å². The second-order valence-electron chi connectivity index (χ2n) is 5.07. The molecule has 5 heteroatoms. The fraction of sp³-hybridized carbons (Fsp3) is 0.333. The van der Waals surface area contributed by atoms with Gasteiger partial charge in [-0.1, -0.05) is 30.8 Å². The largest absolute Gasteiger partial charge is 0.374 e. The third-order valence-electron chi connectivity index (χ3n) is 3.03. The summed E-state index contributed by atoms with van der Waals surface area (Å²) in [5.74, 6) is 0.445. The van der Waals surface area contributed by atoms with Gasteiger partial charge in [0, 0.05) is 11.1 Å². The van der Waals surface area contributed by atoms with Crippen molar-refractivity contribution in [3.8, 4) is 0 Å². The topological polar surface area (TPSA) is 45.5 Å². The Hall–Kier alpha value is -1.17. The van der Waals surface area contributed by atoms with Gasteiger partial charge in [0.05, 0.1) is 17.1 Å². The summed E-state index contributed by atoms with van der Waals surface area (Å²) in [6, 6.07) is 0. The standard InChI is InChI=1S/C15H16N2OS2/c1-10-3-5-11-12(6-4-10)19-14(17-11)13-7-8-16-9-15(2,18)20-13/h3-7,9-10,18H,8H2,1-2H3. The molecule has 1 N–H and O–H groups in total. The SMILES string of the molecule is CC1C=Cc2nc(C3=CCN=CC(C)(O)S3)sc2C=C1. The number of thioether (sulfide) groups is 1. The van der Waals surface area contributed by atoms with Crippen molar-refractivity contribution in [1.29, 1.82) is 0 Å². The number of hydrogen-bond donors (Lipinski definition) is 1. The third-order valence-corrected chi connectivity index (χ3v) is 5.33. The molecule has 0 spiro atoms. The summed E-state index contributed by atoms with van der Waals surface area (Å²) in [6.07, 6.45) is 12.2. The first-order valence-corrected chi connectivity index (χ1v) is 8.17. The van der Waals surface area contributed by atoms with Crippen LogP contribution in [0.1, 0.15) is 29.4 Å². The number of fused-ring (bicyclic) bond motifs is 1. The number of aliphatic imine (C=N–C) groups is 1. The smallest absolute Gasteiger partial charge is 0.147 e. The Morgan fingerprint density at radius 1 is 1.35 bits per heavy atom. The van der Waals surface area contributed by atoms with Crippen molar-refractivity contribution in [1.82, 2.24) is 4.98 Å². The zero-order valence-electron chi connectivity index (χ0n) is 11.4. The number of rotatable bonds is 1. The Kier molecular flexibility index (Phi) is 3.67. The van der Waals surface area contributed by atoms with Crippen LogP contribution >= 0.6 is 23.1 Å². The summed E-state index contributed by atoms with van der Waals surface area (Å²) in [4.78, 5) is 10.1. The van der Waals surface area contributed by atoms with Crippen molar-refractivity contribution >= 4 is 46.4 Å². The molecule has 1 aliphatic heterocycles. The van der Waals surface area contributed by atoms with E-state index < -0.39 is 4.93 Å².